The largest absolute Gasteiger partial charge is 0.272 e. The molecule has 0 unspecified atom stereocenters. The zero-order valence-corrected chi connectivity index (χ0v) is 20.5. The zero-order chi connectivity index (χ0) is 22.3. The van der Waals surface area contributed by atoms with Gasteiger partial charge in [0.05, 0.1) is 12.0 Å². The summed E-state index contributed by atoms with van der Waals surface area (Å²) in [5.41, 5.74) is 7.40. The van der Waals surface area contributed by atoms with Gasteiger partial charge in [-0.1, -0.05) is 110 Å². The highest BCUT2D eigenvalue weighted by atomic mass is 32.2. The number of aromatic nitrogens is 2. The Bertz CT molecular complexity index is 1020. The minimum absolute atomic E-state index is 0.116. The number of carbonyl (C=O) groups excluding carboxylic acids is 1. The van der Waals surface area contributed by atoms with Crippen molar-refractivity contribution in [2.24, 2.45) is 5.10 Å². The molecular formula is C23H26N4OS3. The molecule has 1 amide bonds. The van der Waals surface area contributed by atoms with Crippen molar-refractivity contribution in [2.75, 3.05) is 5.75 Å². The van der Waals surface area contributed by atoms with Crippen LogP contribution in [0.2, 0.25) is 0 Å². The minimum Gasteiger partial charge on any atom is -0.272 e. The van der Waals surface area contributed by atoms with Crippen molar-refractivity contribution in [2.45, 2.75) is 47.5 Å². The van der Waals surface area contributed by atoms with Crippen LogP contribution in [0.4, 0.5) is 0 Å². The van der Waals surface area contributed by atoms with Gasteiger partial charge < -0.3 is 0 Å². The highest BCUT2D eigenvalue weighted by Gasteiger charge is 2.12. The first-order valence-electron chi connectivity index (χ1n) is 9.87. The zero-order valence-electron chi connectivity index (χ0n) is 18.1. The third-order valence-electron chi connectivity index (χ3n) is 4.38. The Morgan fingerprint density at radius 1 is 1.03 bits per heavy atom. The van der Waals surface area contributed by atoms with Crippen molar-refractivity contribution >= 4 is 47.0 Å². The molecular weight excluding hydrogens is 444 g/mol. The first kappa shape index (κ1) is 23.5. The van der Waals surface area contributed by atoms with Gasteiger partial charge in [0.15, 0.2) is 8.68 Å². The molecule has 0 aliphatic rings. The van der Waals surface area contributed by atoms with E-state index in [0.717, 1.165) is 20.0 Å². The van der Waals surface area contributed by atoms with Crippen molar-refractivity contribution in [1.29, 1.82) is 0 Å². The van der Waals surface area contributed by atoms with Crippen LogP contribution in [0.3, 0.4) is 0 Å². The lowest BCUT2D eigenvalue weighted by Crippen LogP contribution is -2.19. The number of carbonyl (C=O) groups is 1. The van der Waals surface area contributed by atoms with Gasteiger partial charge in [-0.25, -0.2) is 5.43 Å². The average Bonchev–Trinajstić information content (AvgIpc) is 3.19. The van der Waals surface area contributed by atoms with Crippen LogP contribution in [0.15, 0.2) is 62.3 Å². The second-order valence-electron chi connectivity index (χ2n) is 8.06. The van der Waals surface area contributed by atoms with Gasteiger partial charge in [-0.3, -0.25) is 4.79 Å². The molecule has 0 atom stereocenters. The van der Waals surface area contributed by atoms with E-state index >= 15 is 0 Å². The van der Waals surface area contributed by atoms with Crippen LogP contribution >= 0.6 is 34.9 Å². The van der Waals surface area contributed by atoms with Crippen LogP contribution in [-0.4, -0.2) is 28.1 Å². The van der Waals surface area contributed by atoms with E-state index in [4.69, 9.17) is 0 Å². The summed E-state index contributed by atoms with van der Waals surface area (Å²) in [5.74, 6) is 0.930. The Morgan fingerprint density at radius 3 is 2.32 bits per heavy atom. The van der Waals surface area contributed by atoms with Crippen LogP contribution in [0, 0.1) is 6.92 Å². The van der Waals surface area contributed by atoms with Gasteiger partial charge in [0.1, 0.15) is 0 Å². The molecule has 5 nitrogen and oxygen atoms in total. The predicted octanol–water partition coefficient (Wildman–Crippen LogP) is 5.68. The number of hydrogen-bond donors (Lipinski definition) is 1. The Kier molecular flexibility index (Phi) is 8.28. The van der Waals surface area contributed by atoms with Gasteiger partial charge in [-0.2, -0.15) is 5.10 Å². The first-order chi connectivity index (χ1) is 14.8. The van der Waals surface area contributed by atoms with E-state index in [9.17, 15) is 4.79 Å². The van der Waals surface area contributed by atoms with Crippen molar-refractivity contribution in [3.8, 4) is 0 Å². The monoisotopic (exact) mass is 470 g/mol. The summed E-state index contributed by atoms with van der Waals surface area (Å²) < 4.78 is 1.68. The lowest BCUT2D eigenvalue weighted by molar-refractivity contribution is -0.118. The second kappa shape index (κ2) is 10.9. The van der Waals surface area contributed by atoms with Gasteiger partial charge >= 0.3 is 0 Å². The molecule has 0 bridgehead atoms. The number of thioether (sulfide) groups is 2. The van der Waals surface area contributed by atoms with Gasteiger partial charge in [-0.15, -0.1) is 10.2 Å². The lowest BCUT2D eigenvalue weighted by atomic mass is 9.87. The highest BCUT2D eigenvalue weighted by Crippen LogP contribution is 2.30. The summed E-state index contributed by atoms with van der Waals surface area (Å²) in [6.07, 6.45) is 1.65. The number of hydrogen-bond acceptors (Lipinski definition) is 7. The molecule has 1 heterocycles. The highest BCUT2D eigenvalue weighted by molar-refractivity contribution is 8.03. The Balaban J connectivity index is 1.40. The van der Waals surface area contributed by atoms with Gasteiger partial charge in [0.25, 0.3) is 5.91 Å². The van der Waals surface area contributed by atoms with E-state index in [2.05, 4.69) is 84.8 Å². The first-order valence-corrected chi connectivity index (χ1v) is 12.7. The van der Waals surface area contributed by atoms with Gasteiger partial charge in [-0.05, 0) is 29.0 Å². The van der Waals surface area contributed by atoms with Crippen LogP contribution < -0.4 is 5.43 Å². The maximum atomic E-state index is 12.0. The second-order valence-corrected chi connectivity index (χ2v) is 11.5. The number of aryl methyl sites for hydroxylation is 1. The molecule has 0 saturated heterocycles. The topological polar surface area (TPSA) is 67.2 Å². The predicted molar refractivity (Wildman–Crippen MR) is 132 cm³/mol. The maximum Gasteiger partial charge on any atom is 0.250 e. The molecule has 0 fully saturated rings. The average molecular weight is 471 g/mol. The van der Waals surface area contributed by atoms with Crippen molar-refractivity contribution in [1.82, 2.24) is 15.6 Å². The Hall–Kier alpha value is -2.16. The molecule has 0 spiro atoms. The van der Waals surface area contributed by atoms with Crippen LogP contribution in [-0.2, 0) is 16.0 Å². The Morgan fingerprint density at radius 2 is 1.68 bits per heavy atom. The molecule has 8 heteroatoms. The third kappa shape index (κ3) is 7.79. The number of amides is 1. The molecule has 0 aliphatic carbocycles. The maximum absolute atomic E-state index is 12.0. The fourth-order valence-corrected chi connectivity index (χ4v) is 5.32. The quantitative estimate of drug-likeness (QED) is 0.261. The summed E-state index contributed by atoms with van der Waals surface area (Å²) in [7, 11) is 0. The Labute approximate surface area is 196 Å². The molecule has 162 valence electrons. The van der Waals surface area contributed by atoms with Crippen LogP contribution in [0.1, 0.15) is 43.0 Å². The summed E-state index contributed by atoms with van der Waals surface area (Å²) in [4.78, 5) is 12.0. The summed E-state index contributed by atoms with van der Waals surface area (Å²) in [5, 5.41) is 12.4. The van der Waals surface area contributed by atoms with E-state index in [1.54, 1.807) is 18.0 Å². The van der Waals surface area contributed by atoms with Gasteiger partial charge in [0, 0.05) is 5.75 Å². The van der Waals surface area contributed by atoms with E-state index in [1.165, 1.54) is 39.8 Å². The molecule has 3 aromatic rings. The molecule has 1 aromatic heterocycles. The minimum atomic E-state index is -0.170. The number of nitrogens with zero attached hydrogens (tertiary/aromatic N) is 3. The normalized spacial score (nSPS) is 11.7. The summed E-state index contributed by atoms with van der Waals surface area (Å²) >= 11 is 4.53. The number of nitrogens with one attached hydrogen (secondary N) is 1. The smallest absolute Gasteiger partial charge is 0.250 e. The standard InChI is InChI=1S/C23H26N4OS3/c1-16-5-7-18(8-6-16)14-29-21-26-27-22(31-21)30-15-20(28)25-24-13-17-9-11-19(12-10-17)23(2,3)4/h5-13H,14-15H2,1-4H3,(H,25,28)/b24-13-. The summed E-state index contributed by atoms with van der Waals surface area (Å²) in [6.45, 7) is 8.61. The van der Waals surface area contributed by atoms with Crippen LogP contribution in [0.25, 0.3) is 0 Å². The fraction of sp³-hybridized carbons (Fsp3) is 0.304. The summed E-state index contributed by atoms with van der Waals surface area (Å²) in [6, 6.07) is 16.7. The molecule has 0 saturated carbocycles. The third-order valence-corrected chi connectivity index (χ3v) is 7.64. The van der Waals surface area contributed by atoms with Crippen molar-refractivity contribution in [3.63, 3.8) is 0 Å². The molecule has 0 radical (unpaired) electrons. The molecule has 0 aliphatic heterocycles. The van der Waals surface area contributed by atoms with E-state index in [1.807, 2.05) is 12.1 Å². The fourth-order valence-electron chi connectivity index (χ4n) is 2.55. The van der Waals surface area contributed by atoms with Gasteiger partial charge in [0.2, 0.25) is 0 Å². The molecule has 3 rings (SSSR count). The molecule has 31 heavy (non-hydrogen) atoms. The van der Waals surface area contributed by atoms with E-state index in [-0.39, 0.29) is 17.1 Å². The number of rotatable bonds is 8. The van der Waals surface area contributed by atoms with E-state index < -0.39 is 0 Å². The van der Waals surface area contributed by atoms with Crippen molar-refractivity contribution in [3.05, 3.63) is 70.8 Å². The number of benzene rings is 2. The number of hydrazone groups is 1. The molecule has 2 aromatic carbocycles. The molecule has 1 N–H and O–H groups in total. The van der Waals surface area contributed by atoms with Crippen molar-refractivity contribution < 1.29 is 4.79 Å². The van der Waals surface area contributed by atoms with Crippen LogP contribution in [0.5, 0.6) is 0 Å². The van der Waals surface area contributed by atoms with E-state index in [0.29, 0.717) is 0 Å². The SMILES string of the molecule is Cc1ccc(CSc2nnc(SCC(=O)N/N=C\c3ccc(C(C)(C)C)cc3)s2)cc1. The lowest BCUT2D eigenvalue weighted by Gasteiger charge is -2.18.